The average Bonchev–Trinajstić information content (AvgIpc) is 2.19. The Morgan fingerprint density at radius 2 is 2.13 bits per heavy atom. The molecule has 0 aliphatic carbocycles. The van der Waals surface area contributed by atoms with Crippen molar-refractivity contribution in [2.45, 2.75) is 44.7 Å². The molecule has 2 N–H and O–H groups in total. The molecule has 1 heterocycles. The van der Waals surface area contributed by atoms with Gasteiger partial charge in [-0.2, -0.15) is 0 Å². The standard InChI is InChI=1S/C11H22N2O2/c1-9(3-4-11(14)15)12-10-5-7-13(2)8-6-10/h9-10,12H,3-8H2,1-2H3,(H,14,15). The van der Waals surface area contributed by atoms with Crippen LogP contribution in [0.3, 0.4) is 0 Å². The first-order valence-electron chi connectivity index (χ1n) is 5.74. The van der Waals surface area contributed by atoms with Gasteiger partial charge in [-0.25, -0.2) is 0 Å². The van der Waals surface area contributed by atoms with Gasteiger partial charge in [-0.15, -0.1) is 0 Å². The number of likely N-dealkylation sites (tertiary alicyclic amines) is 1. The highest BCUT2D eigenvalue weighted by Gasteiger charge is 2.18. The number of carboxylic acid groups (broad SMARTS) is 1. The van der Waals surface area contributed by atoms with Crippen molar-refractivity contribution < 1.29 is 9.90 Å². The zero-order chi connectivity index (χ0) is 11.3. The van der Waals surface area contributed by atoms with E-state index in [1.807, 2.05) is 0 Å². The molecule has 0 amide bonds. The second-order valence-corrected chi connectivity index (χ2v) is 4.58. The zero-order valence-electron chi connectivity index (χ0n) is 9.70. The summed E-state index contributed by atoms with van der Waals surface area (Å²) in [5.74, 6) is -0.702. The number of hydrogen-bond donors (Lipinski definition) is 2. The summed E-state index contributed by atoms with van der Waals surface area (Å²) in [6.07, 6.45) is 3.34. The summed E-state index contributed by atoms with van der Waals surface area (Å²) < 4.78 is 0. The molecule has 0 saturated carbocycles. The zero-order valence-corrected chi connectivity index (χ0v) is 9.70. The lowest BCUT2D eigenvalue weighted by Gasteiger charge is -2.31. The Bertz CT molecular complexity index is 201. The Morgan fingerprint density at radius 1 is 1.53 bits per heavy atom. The van der Waals surface area contributed by atoms with Crippen LogP contribution in [0.4, 0.5) is 0 Å². The number of hydrogen-bond acceptors (Lipinski definition) is 3. The minimum Gasteiger partial charge on any atom is -0.481 e. The molecule has 0 spiro atoms. The first-order chi connectivity index (χ1) is 7.08. The lowest BCUT2D eigenvalue weighted by molar-refractivity contribution is -0.137. The van der Waals surface area contributed by atoms with Crippen LogP contribution in [0.25, 0.3) is 0 Å². The second-order valence-electron chi connectivity index (χ2n) is 4.58. The first-order valence-corrected chi connectivity index (χ1v) is 5.74. The van der Waals surface area contributed by atoms with Gasteiger partial charge in [0.05, 0.1) is 0 Å². The fraction of sp³-hybridized carbons (Fsp3) is 0.909. The van der Waals surface area contributed by atoms with Gasteiger partial charge < -0.3 is 15.3 Å². The smallest absolute Gasteiger partial charge is 0.303 e. The Morgan fingerprint density at radius 3 is 2.67 bits per heavy atom. The molecule has 4 nitrogen and oxygen atoms in total. The molecule has 0 aromatic rings. The van der Waals surface area contributed by atoms with Crippen LogP contribution in [0.5, 0.6) is 0 Å². The molecule has 15 heavy (non-hydrogen) atoms. The van der Waals surface area contributed by atoms with E-state index >= 15 is 0 Å². The van der Waals surface area contributed by atoms with E-state index in [-0.39, 0.29) is 6.42 Å². The van der Waals surface area contributed by atoms with Gasteiger partial charge in [0, 0.05) is 18.5 Å². The molecule has 0 aromatic carbocycles. The van der Waals surface area contributed by atoms with Gasteiger partial charge in [0.15, 0.2) is 0 Å². The van der Waals surface area contributed by atoms with Crippen LogP contribution in [-0.2, 0) is 4.79 Å². The van der Waals surface area contributed by atoms with Crippen molar-refractivity contribution in [3.63, 3.8) is 0 Å². The summed E-state index contributed by atoms with van der Waals surface area (Å²) in [6.45, 7) is 4.36. The van der Waals surface area contributed by atoms with E-state index in [2.05, 4.69) is 24.2 Å². The summed E-state index contributed by atoms with van der Waals surface area (Å²) in [7, 11) is 2.14. The van der Waals surface area contributed by atoms with Crippen molar-refractivity contribution in [3.05, 3.63) is 0 Å². The van der Waals surface area contributed by atoms with Gasteiger partial charge in [-0.1, -0.05) is 0 Å². The fourth-order valence-corrected chi connectivity index (χ4v) is 2.00. The molecule has 1 saturated heterocycles. The maximum atomic E-state index is 10.4. The molecule has 4 heteroatoms. The van der Waals surface area contributed by atoms with Gasteiger partial charge in [0.2, 0.25) is 0 Å². The molecule has 0 bridgehead atoms. The lowest BCUT2D eigenvalue weighted by Crippen LogP contribution is -2.44. The van der Waals surface area contributed by atoms with Gasteiger partial charge in [0.25, 0.3) is 0 Å². The van der Waals surface area contributed by atoms with Gasteiger partial charge >= 0.3 is 5.97 Å². The predicted octanol–water partition coefficient (Wildman–Crippen LogP) is 0.924. The minimum absolute atomic E-state index is 0.265. The SMILES string of the molecule is CC(CCC(=O)O)NC1CCN(C)CC1. The third-order valence-corrected chi connectivity index (χ3v) is 3.03. The normalized spacial score (nSPS) is 21.5. The molecule has 1 unspecified atom stereocenters. The molecule has 1 aliphatic rings. The third-order valence-electron chi connectivity index (χ3n) is 3.03. The van der Waals surface area contributed by atoms with Crippen LogP contribution in [0.1, 0.15) is 32.6 Å². The summed E-state index contributed by atoms with van der Waals surface area (Å²) in [5.41, 5.74) is 0. The van der Waals surface area contributed by atoms with Crippen LogP contribution < -0.4 is 5.32 Å². The van der Waals surface area contributed by atoms with Crippen molar-refractivity contribution in [3.8, 4) is 0 Å². The van der Waals surface area contributed by atoms with Crippen LogP contribution in [-0.4, -0.2) is 48.2 Å². The van der Waals surface area contributed by atoms with Crippen LogP contribution in [0.15, 0.2) is 0 Å². The van der Waals surface area contributed by atoms with Gasteiger partial charge in [0.1, 0.15) is 0 Å². The van der Waals surface area contributed by atoms with E-state index in [0.29, 0.717) is 12.1 Å². The summed E-state index contributed by atoms with van der Waals surface area (Å²) in [4.78, 5) is 12.7. The topological polar surface area (TPSA) is 52.6 Å². The molecular formula is C11H22N2O2. The quantitative estimate of drug-likeness (QED) is 0.714. The molecule has 1 rings (SSSR count). The first kappa shape index (κ1) is 12.5. The molecule has 1 atom stereocenters. The second kappa shape index (κ2) is 6.08. The summed E-state index contributed by atoms with van der Waals surface area (Å²) in [5, 5.41) is 12.1. The Hall–Kier alpha value is -0.610. The van der Waals surface area contributed by atoms with Crippen molar-refractivity contribution in [1.29, 1.82) is 0 Å². The molecule has 0 radical (unpaired) electrons. The molecule has 0 aromatic heterocycles. The Balaban J connectivity index is 2.14. The van der Waals surface area contributed by atoms with E-state index in [4.69, 9.17) is 5.11 Å². The number of nitrogens with zero attached hydrogens (tertiary/aromatic N) is 1. The van der Waals surface area contributed by atoms with E-state index < -0.39 is 5.97 Å². The maximum absolute atomic E-state index is 10.4. The highest BCUT2D eigenvalue weighted by atomic mass is 16.4. The summed E-state index contributed by atoms with van der Waals surface area (Å²) in [6, 6.07) is 0.888. The maximum Gasteiger partial charge on any atom is 0.303 e. The number of nitrogens with one attached hydrogen (secondary N) is 1. The minimum atomic E-state index is -0.702. The van der Waals surface area contributed by atoms with Crippen LogP contribution in [0.2, 0.25) is 0 Å². The van der Waals surface area contributed by atoms with E-state index in [1.54, 1.807) is 0 Å². The molecule has 1 fully saturated rings. The van der Waals surface area contributed by atoms with E-state index in [9.17, 15) is 4.79 Å². The number of carbonyl (C=O) groups is 1. The lowest BCUT2D eigenvalue weighted by atomic mass is 10.0. The summed E-state index contributed by atoms with van der Waals surface area (Å²) >= 11 is 0. The number of rotatable bonds is 5. The van der Waals surface area contributed by atoms with Crippen molar-refractivity contribution in [2.24, 2.45) is 0 Å². The monoisotopic (exact) mass is 214 g/mol. The molecule has 88 valence electrons. The van der Waals surface area contributed by atoms with Crippen molar-refractivity contribution in [1.82, 2.24) is 10.2 Å². The van der Waals surface area contributed by atoms with Gasteiger partial charge in [-0.3, -0.25) is 4.79 Å². The molecular weight excluding hydrogens is 192 g/mol. The van der Waals surface area contributed by atoms with Crippen molar-refractivity contribution >= 4 is 5.97 Å². The fourth-order valence-electron chi connectivity index (χ4n) is 2.00. The number of piperidine rings is 1. The Kier molecular flexibility index (Phi) is 5.05. The van der Waals surface area contributed by atoms with Crippen LogP contribution in [0, 0.1) is 0 Å². The average molecular weight is 214 g/mol. The van der Waals surface area contributed by atoms with Crippen LogP contribution >= 0.6 is 0 Å². The Labute approximate surface area is 91.6 Å². The number of carboxylic acids is 1. The van der Waals surface area contributed by atoms with E-state index in [1.165, 1.54) is 12.8 Å². The number of aliphatic carboxylic acids is 1. The third kappa shape index (κ3) is 5.14. The largest absolute Gasteiger partial charge is 0.481 e. The predicted molar refractivity (Wildman–Crippen MR) is 60.0 cm³/mol. The van der Waals surface area contributed by atoms with Crippen molar-refractivity contribution in [2.75, 3.05) is 20.1 Å². The highest BCUT2D eigenvalue weighted by molar-refractivity contribution is 5.66. The molecule has 1 aliphatic heterocycles. The van der Waals surface area contributed by atoms with Gasteiger partial charge in [-0.05, 0) is 46.3 Å². The van der Waals surface area contributed by atoms with E-state index in [0.717, 1.165) is 19.5 Å². The highest BCUT2D eigenvalue weighted by Crippen LogP contribution is 2.10.